The van der Waals surface area contributed by atoms with Crippen molar-refractivity contribution in [1.29, 1.82) is 0 Å². The molecular formula is C6H16CrNO8S2. The number of rotatable bonds is 2. The van der Waals surface area contributed by atoms with E-state index in [1.54, 1.807) is 0 Å². The molecule has 0 saturated carbocycles. The van der Waals surface area contributed by atoms with Crippen LogP contribution in [0.3, 0.4) is 0 Å². The van der Waals surface area contributed by atoms with Crippen molar-refractivity contribution in [3.63, 3.8) is 0 Å². The van der Waals surface area contributed by atoms with Gasteiger partial charge in [0.25, 0.3) is 0 Å². The van der Waals surface area contributed by atoms with E-state index < -0.39 is 20.8 Å². The van der Waals surface area contributed by atoms with E-state index in [-0.39, 0.29) is 17.4 Å². The van der Waals surface area contributed by atoms with Gasteiger partial charge in [-0.15, -0.1) is 0 Å². The number of nitrogens with two attached hydrogens (primary N) is 1. The zero-order valence-corrected chi connectivity index (χ0v) is 13.1. The largest absolute Gasteiger partial charge is 3.00 e. The first-order chi connectivity index (χ1) is 7.13. The summed E-state index contributed by atoms with van der Waals surface area (Å²) >= 11 is 0. The maximum absolute atomic E-state index is 8.52. The fourth-order valence-electron chi connectivity index (χ4n) is 0.770. The predicted molar refractivity (Wildman–Crippen MR) is 53.1 cm³/mol. The van der Waals surface area contributed by atoms with Gasteiger partial charge in [0.2, 0.25) is 0 Å². The number of hydrogen-bond donors (Lipinski definition) is 1. The normalized spacial score (nSPS) is 10.8. The first-order valence-corrected chi connectivity index (χ1v) is 6.98. The van der Waals surface area contributed by atoms with E-state index in [0.29, 0.717) is 0 Å². The molecular weight excluding hydrogens is 330 g/mol. The summed E-state index contributed by atoms with van der Waals surface area (Å²) in [5, 5.41) is 2.33. The van der Waals surface area contributed by atoms with Gasteiger partial charge in [-0.1, -0.05) is 0 Å². The zero-order chi connectivity index (χ0) is 14.9. The summed E-state index contributed by atoms with van der Waals surface area (Å²) in [4.78, 5) is 0. The Balaban J connectivity index is -0.0000000813. The second-order valence-corrected chi connectivity index (χ2v) is 5.13. The van der Waals surface area contributed by atoms with Gasteiger partial charge in [0.05, 0.1) is 12.1 Å². The first-order valence-electron chi connectivity index (χ1n) is 4.31. The molecule has 9 nitrogen and oxygen atoms in total. The molecule has 2 N–H and O–H groups in total. The van der Waals surface area contributed by atoms with E-state index in [9.17, 15) is 0 Å². The molecule has 0 saturated heterocycles. The summed E-state index contributed by atoms with van der Waals surface area (Å²) in [6.45, 7) is 8.83. The summed E-state index contributed by atoms with van der Waals surface area (Å²) < 4.78 is 68.2. The second-order valence-electron chi connectivity index (χ2n) is 3.50. The van der Waals surface area contributed by atoms with Crippen LogP contribution in [0.15, 0.2) is 0 Å². The molecule has 0 atom stereocenters. The van der Waals surface area contributed by atoms with Gasteiger partial charge in [0.15, 0.2) is 0 Å². The van der Waals surface area contributed by atoms with Crippen LogP contribution >= 0.6 is 0 Å². The van der Waals surface area contributed by atoms with Gasteiger partial charge >= 0.3 is 17.4 Å². The fraction of sp³-hybridized carbons (Fsp3) is 1.00. The van der Waals surface area contributed by atoms with Gasteiger partial charge in [0.1, 0.15) is 0 Å². The van der Waals surface area contributed by atoms with Crippen molar-refractivity contribution in [2.45, 2.75) is 39.8 Å². The predicted octanol–water partition coefficient (Wildman–Crippen LogP) is -2.31. The van der Waals surface area contributed by atoms with Gasteiger partial charge in [-0.05, 0) is 27.7 Å². The summed E-state index contributed by atoms with van der Waals surface area (Å²) in [5.74, 6) is 0. The summed E-state index contributed by atoms with van der Waals surface area (Å²) in [7, 11) is -10.3. The minimum atomic E-state index is -5.17. The Bertz CT molecular complexity index is 311. The van der Waals surface area contributed by atoms with Crippen molar-refractivity contribution in [2.24, 2.45) is 0 Å². The maximum Gasteiger partial charge on any atom is 3.00 e. The Morgan fingerprint density at radius 1 is 0.722 bits per heavy atom. The molecule has 0 aliphatic heterocycles. The summed E-state index contributed by atoms with van der Waals surface area (Å²) in [6, 6.07) is 1.50. The fourth-order valence-corrected chi connectivity index (χ4v) is 0.770. The number of quaternary nitrogens is 1. The van der Waals surface area contributed by atoms with Crippen molar-refractivity contribution in [2.75, 3.05) is 0 Å². The molecule has 0 amide bonds. The van der Waals surface area contributed by atoms with Gasteiger partial charge in [-0.25, -0.2) is 0 Å². The van der Waals surface area contributed by atoms with Crippen LogP contribution < -0.4 is 5.32 Å². The molecule has 0 rings (SSSR count). The molecule has 0 aliphatic carbocycles. The molecule has 0 bridgehead atoms. The Morgan fingerprint density at radius 3 is 0.833 bits per heavy atom. The SMILES string of the molecule is CC(C)[NH2+]C(C)C.O=S(=O)([O-])[O-].O=S(=O)([O-])[O-].[Cr+3]. The minimum absolute atomic E-state index is 0. The van der Waals surface area contributed by atoms with Gasteiger partial charge in [0, 0.05) is 20.8 Å². The van der Waals surface area contributed by atoms with E-state index in [4.69, 9.17) is 35.0 Å². The van der Waals surface area contributed by atoms with Crippen molar-refractivity contribution in [3.8, 4) is 0 Å². The quantitative estimate of drug-likeness (QED) is 0.428. The maximum atomic E-state index is 8.52. The third kappa shape index (κ3) is 210. The van der Waals surface area contributed by atoms with E-state index in [0.717, 1.165) is 12.1 Å². The standard InChI is InChI=1S/C6H15N.Cr.2H2O4S/c1-5(2)7-6(3)4;;2*1-5(2,3)4/h5-7H,1-4H3;;2*(H2,1,2,3,4)/q;+3;;/p-3. The average molecular weight is 346 g/mol. The smallest absolute Gasteiger partial charge is 0.759 e. The number of hydrogen-bond acceptors (Lipinski definition) is 8. The molecule has 0 aromatic heterocycles. The van der Waals surface area contributed by atoms with Crippen LogP contribution in [0.25, 0.3) is 0 Å². The molecule has 0 spiro atoms. The van der Waals surface area contributed by atoms with Crippen LogP contribution in [0.5, 0.6) is 0 Å². The monoisotopic (exact) mass is 346 g/mol. The first kappa shape index (κ1) is 26.7. The van der Waals surface area contributed by atoms with E-state index in [1.165, 1.54) is 0 Å². The summed E-state index contributed by atoms with van der Waals surface area (Å²) in [5.41, 5.74) is 0. The minimum Gasteiger partial charge on any atom is -0.759 e. The van der Waals surface area contributed by atoms with Crippen LogP contribution in [0.4, 0.5) is 0 Å². The van der Waals surface area contributed by atoms with E-state index in [2.05, 4.69) is 33.0 Å². The molecule has 0 unspecified atom stereocenters. The van der Waals surface area contributed by atoms with E-state index >= 15 is 0 Å². The molecule has 0 fully saturated rings. The summed E-state index contributed by atoms with van der Waals surface area (Å²) in [6.07, 6.45) is 0. The van der Waals surface area contributed by atoms with Crippen LogP contribution in [0.1, 0.15) is 27.7 Å². The van der Waals surface area contributed by atoms with Crippen LogP contribution in [0.2, 0.25) is 0 Å². The van der Waals surface area contributed by atoms with Crippen LogP contribution in [-0.2, 0) is 38.2 Å². The Kier molecular flexibility index (Phi) is 18.2. The Hall–Kier alpha value is 0.232. The van der Waals surface area contributed by atoms with Crippen LogP contribution in [0, 0.1) is 0 Å². The van der Waals surface area contributed by atoms with Gasteiger partial charge in [-0.3, -0.25) is 16.8 Å². The van der Waals surface area contributed by atoms with Crippen molar-refractivity contribution in [3.05, 3.63) is 0 Å². The molecule has 18 heavy (non-hydrogen) atoms. The van der Waals surface area contributed by atoms with Crippen molar-refractivity contribution >= 4 is 20.8 Å². The molecule has 0 heterocycles. The van der Waals surface area contributed by atoms with Crippen molar-refractivity contribution in [1.82, 2.24) is 0 Å². The molecule has 0 aliphatic rings. The van der Waals surface area contributed by atoms with E-state index in [1.807, 2.05) is 0 Å². The average Bonchev–Trinajstić information content (AvgIpc) is 1.71. The molecule has 111 valence electrons. The Labute approximate surface area is 118 Å². The van der Waals surface area contributed by atoms with Gasteiger partial charge < -0.3 is 23.5 Å². The topological polar surface area (TPSA) is 177 Å². The second kappa shape index (κ2) is 12.3. The van der Waals surface area contributed by atoms with Gasteiger partial charge in [-0.2, -0.15) is 0 Å². The molecule has 1 radical (unpaired) electrons. The molecule has 0 aromatic rings. The Morgan fingerprint density at radius 2 is 0.833 bits per heavy atom. The third-order valence-electron chi connectivity index (χ3n) is 0.770. The van der Waals surface area contributed by atoms with Crippen LogP contribution in [-0.4, -0.2) is 47.1 Å². The third-order valence-corrected chi connectivity index (χ3v) is 0.770. The van der Waals surface area contributed by atoms with Crippen molar-refractivity contribution < 1.29 is 57.7 Å². The molecule has 12 heteroatoms. The molecule has 0 aromatic carbocycles. The zero-order valence-electron chi connectivity index (χ0n) is 10.2.